The monoisotopic (exact) mass is 280 g/mol. The maximum absolute atomic E-state index is 12.0. The van der Waals surface area contributed by atoms with Crippen molar-refractivity contribution in [3.05, 3.63) is 34.0 Å². The number of hydroxylamine groups is 1. The van der Waals surface area contributed by atoms with Gasteiger partial charge in [-0.25, -0.2) is 5.48 Å². The van der Waals surface area contributed by atoms with Gasteiger partial charge in [-0.1, -0.05) is 12.1 Å². The maximum Gasteiger partial charge on any atom is 0.249 e. The van der Waals surface area contributed by atoms with Crippen LogP contribution in [-0.4, -0.2) is 35.0 Å². The topological polar surface area (TPSA) is 69.6 Å². The molecule has 0 radical (unpaired) electrons. The Morgan fingerprint density at radius 3 is 3.00 bits per heavy atom. The van der Waals surface area contributed by atoms with Crippen LogP contribution in [0, 0.1) is 0 Å². The van der Waals surface area contributed by atoms with Crippen molar-refractivity contribution >= 4 is 23.2 Å². The molecule has 0 unspecified atom stereocenters. The number of carbonyl (C=O) groups is 2. The summed E-state index contributed by atoms with van der Waals surface area (Å²) in [4.78, 5) is 26.0. The van der Waals surface area contributed by atoms with E-state index in [1.165, 1.54) is 4.88 Å². The first-order valence-corrected chi connectivity index (χ1v) is 7.02. The lowest BCUT2D eigenvalue weighted by atomic mass is 10.1. The lowest BCUT2D eigenvalue weighted by Gasteiger charge is -2.15. The van der Waals surface area contributed by atoms with Crippen LogP contribution in [0.3, 0.4) is 0 Å². The highest BCUT2D eigenvalue weighted by atomic mass is 32.1. The van der Waals surface area contributed by atoms with Crippen LogP contribution in [0.1, 0.15) is 17.7 Å². The van der Waals surface area contributed by atoms with E-state index in [4.69, 9.17) is 5.21 Å². The van der Waals surface area contributed by atoms with Crippen LogP contribution < -0.4 is 5.48 Å². The summed E-state index contributed by atoms with van der Waals surface area (Å²) >= 11 is 1.69. The molecule has 2 N–H and O–H groups in total. The van der Waals surface area contributed by atoms with E-state index in [1.807, 2.05) is 17.5 Å². The van der Waals surface area contributed by atoms with Gasteiger partial charge < -0.3 is 4.90 Å². The standard InChI is InChI=1S/C13H16N2O3S/c16-12(14-18)4-3-10-5-7-15(13(10)17)8-6-11-2-1-9-19-11/h1-2,5,9,18H,3-4,6-8H2,(H,14,16). The molecule has 0 aromatic carbocycles. The molecule has 0 saturated heterocycles. The third-order valence-corrected chi connectivity index (χ3v) is 4.01. The first-order chi connectivity index (χ1) is 9.20. The van der Waals surface area contributed by atoms with Crippen LogP contribution in [0.4, 0.5) is 0 Å². The molecule has 0 aliphatic carbocycles. The highest BCUT2D eigenvalue weighted by Gasteiger charge is 2.23. The van der Waals surface area contributed by atoms with E-state index in [1.54, 1.807) is 21.7 Å². The van der Waals surface area contributed by atoms with Gasteiger partial charge in [0.2, 0.25) is 11.8 Å². The number of thiophene rings is 1. The van der Waals surface area contributed by atoms with Crippen LogP contribution >= 0.6 is 11.3 Å². The Balaban J connectivity index is 1.78. The van der Waals surface area contributed by atoms with Crippen molar-refractivity contribution in [3.63, 3.8) is 0 Å². The second-order valence-corrected chi connectivity index (χ2v) is 5.38. The highest BCUT2D eigenvalue weighted by molar-refractivity contribution is 7.09. The van der Waals surface area contributed by atoms with Gasteiger partial charge in [0.05, 0.1) is 0 Å². The van der Waals surface area contributed by atoms with Crippen LogP contribution in [0.2, 0.25) is 0 Å². The largest absolute Gasteiger partial charge is 0.335 e. The van der Waals surface area contributed by atoms with Crippen LogP contribution in [0.15, 0.2) is 29.2 Å². The summed E-state index contributed by atoms with van der Waals surface area (Å²) < 4.78 is 0. The van der Waals surface area contributed by atoms with E-state index in [-0.39, 0.29) is 12.3 Å². The lowest BCUT2D eigenvalue weighted by Crippen LogP contribution is -2.29. The van der Waals surface area contributed by atoms with Gasteiger partial charge in [0, 0.05) is 30.0 Å². The first kappa shape index (κ1) is 13.8. The fourth-order valence-corrected chi connectivity index (χ4v) is 2.70. The van der Waals surface area contributed by atoms with Crippen LogP contribution in [-0.2, 0) is 16.0 Å². The van der Waals surface area contributed by atoms with Crippen molar-refractivity contribution in [2.24, 2.45) is 0 Å². The molecule has 1 aromatic heterocycles. The number of rotatable bonds is 6. The number of nitrogens with one attached hydrogen (secondary N) is 1. The Morgan fingerprint density at radius 1 is 1.47 bits per heavy atom. The molecule has 5 nitrogen and oxygen atoms in total. The molecule has 0 saturated carbocycles. The minimum Gasteiger partial charge on any atom is -0.335 e. The number of hydrogen-bond acceptors (Lipinski definition) is 4. The predicted octanol–water partition coefficient (Wildman–Crippen LogP) is 1.34. The molecule has 0 atom stereocenters. The zero-order valence-electron chi connectivity index (χ0n) is 10.5. The normalized spacial score (nSPS) is 14.7. The summed E-state index contributed by atoms with van der Waals surface area (Å²) in [5, 5.41) is 10.4. The van der Waals surface area contributed by atoms with E-state index in [9.17, 15) is 9.59 Å². The summed E-state index contributed by atoms with van der Waals surface area (Å²) in [5.41, 5.74) is 2.23. The van der Waals surface area contributed by atoms with E-state index in [0.717, 1.165) is 6.42 Å². The van der Waals surface area contributed by atoms with Crippen molar-refractivity contribution in [3.8, 4) is 0 Å². The SMILES string of the molecule is O=C(CCC1=CCN(CCc2cccs2)C1=O)NO. The molecule has 6 heteroatoms. The Kier molecular flexibility index (Phi) is 4.70. The molecule has 2 heterocycles. The lowest BCUT2D eigenvalue weighted by molar-refractivity contribution is -0.129. The molecule has 102 valence electrons. The zero-order valence-corrected chi connectivity index (χ0v) is 11.3. The molecule has 1 aliphatic heterocycles. The van der Waals surface area contributed by atoms with Gasteiger partial charge in [-0.05, 0) is 24.3 Å². The zero-order chi connectivity index (χ0) is 13.7. The Morgan fingerprint density at radius 2 is 2.32 bits per heavy atom. The summed E-state index contributed by atoms with van der Waals surface area (Å²) in [7, 11) is 0. The molecular formula is C13H16N2O3S. The second-order valence-electron chi connectivity index (χ2n) is 4.34. The molecule has 2 amide bonds. The smallest absolute Gasteiger partial charge is 0.249 e. The van der Waals surface area contributed by atoms with Gasteiger partial charge in [-0.3, -0.25) is 14.8 Å². The number of nitrogens with zero attached hydrogens (tertiary/aromatic N) is 1. The summed E-state index contributed by atoms with van der Waals surface area (Å²) in [6, 6.07) is 4.06. The Labute approximate surface area is 115 Å². The third-order valence-electron chi connectivity index (χ3n) is 3.07. The average molecular weight is 280 g/mol. The van der Waals surface area contributed by atoms with E-state index >= 15 is 0 Å². The Hall–Kier alpha value is -1.66. The third kappa shape index (κ3) is 3.65. The van der Waals surface area contributed by atoms with Gasteiger partial charge in [0.1, 0.15) is 0 Å². The van der Waals surface area contributed by atoms with Crippen molar-refractivity contribution in [2.75, 3.05) is 13.1 Å². The molecule has 0 spiro atoms. The molecule has 1 aliphatic rings. The average Bonchev–Trinajstić information content (AvgIpc) is 3.04. The summed E-state index contributed by atoms with van der Waals surface area (Å²) in [6.07, 6.45) is 3.23. The van der Waals surface area contributed by atoms with Gasteiger partial charge in [0.15, 0.2) is 0 Å². The van der Waals surface area contributed by atoms with Crippen molar-refractivity contribution in [1.82, 2.24) is 10.4 Å². The quantitative estimate of drug-likeness (QED) is 0.610. The van der Waals surface area contributed by atoms with Gasteiger partial charge >= 0.3 is 0 Å². The van der Waals surface area contributed by atoms with Crippen molar-refractivity contribution < 1.29 is 14.8 Å². The van der Waals surface area contributed by atoms with E-state index < -0.39 is 5.91 Å². The van der Waals surface area contributed by atoms with Crippen LogP contribution in [0.25, 0.3) is 0 Å². The molecule has 1 aromatic rings. The minimum absolute atomic E-state index is 0.00213. The van der Waals surface area contributed by atoms with Gasteiger partial charge in [-0.2, -0.15) is 0 Å². The maximum atomic E-state index is 12.0. The first-order valence-electron chi connectivity index (χ1n) is 6.14. The Bertz CT molecular complexity index is 482. The number of carbonyl (C=O) groups excluding carboxylic acids is 2. The second kappa shape index (κ2) is 6.49. The molecule has 2 rings (SSSR count). The number of amides is 2. The highest BCUT2D eigenvalue weighted by Crippen LogP contribution is 2.18. The van der Waals surface area contributed by atoms with Crippen molar-refractivity contribution in [2.45, 2.75) is 19.3 Å². The van der Waals surface area contributed by atoms with E-state index in [2.05, 4.69) is 6.07 Å². The molecule has 19 heavy (non-hydrogen) atoms. The summed E-state index contributed by atoms with van der Waals surface area (Å²) in [5.74, 6) is -0.465. The number of hydrogen-bond donors (Lipinski definition) is 2. The van der Waals surface area contributed by atoms with E-state index in [0.29, 0.717) is 25.1 Å². The van der Waals surface area contributed by atoms with Crippen LogP contribution in [0.5, 0.6) is 0 Å². The molecular weight excluding hydrogens is 264 g/mol. The fourth-order valence-electron chi connectivity index (χ4n) is 2.00. The molecule has 0 fully saturated rings. The summed E-state index contributed by atoms with van der Waals surface area (Å²) in [6.45, 7) is 1.31. The van der Waals surface area contributed by atoms with Gasteiger partial charge in [-0.15, -0.1) is 11.3 Å². The fraction of sp³-hybridized carbons (Fsp3) is 0.385. The molecule has 0 bridgehead atoms. The van der Waals surface area contributed by atoms with Gasteiger partial charge in [0.25, 0.3) is 0 Å². The van der Waals surface area contributed by atoms with Crippen molar-refractivity contribution in [1.29, 1.82) is 0 Å². The predicted molar refractivity (Wildman–Crippen MR) is 71.8 cm³/mol. The minimum atomic E-state index is -0.467.